The van der Waals surface area contributed by atoms with E-state index in [1.54, 1.807) is 37.3 Å². The average Bonchev–Trinajstić information content (AvgIpc) is 3.26. The molecule has 0 unspecified atom stereocenters. The van der Waals surface area contributed by atoms with Crippen molar-refractivity contribution in [2.45, 2.75) is 12.8 Å². The number of carbonyl (C=O) groups excluding carboxylic acids is 1. The smallest absolute Gasteiger partial charge is 0.227 e. The summed E-state index contributed by atoms with van der Waals surface area (Å²) in [6, 6.07) is 7.62. The van der Waals surface area contributed by atoms with Crippen molar-refractivity contribution in [3.63, 3.8) is 0 Å². The number of hydrogen-bond acceptors (Lipinski definition) is 7. The molecule has 0 saturated heterocycles. The third-order valence-electron chi connectivity index (χ3n) is 6.12. The third kappa shape index (κ3) is 3.43. The van der Waals surface area contributed by atoms with E-state index in [4.69, 9.17) is 9.40 Å². The summed E-state index contributed by atoms with van der Waals surface area (Å²) in [5.74, 6) is 0.772. The van der Waals surface area contributed by atoms with Crippen LogP contribution in [0.5, 0.6) is 0 Å². The van der Waals surface area contributed by atoms with Gasteiger partial charge in [0.15, 0.2) is 11.5 Å². The summed E-state index contributed by atoms with van der Waals surface area (Å²) in [6.45, 7) is 0. The predicted molar refractivity (Wildman–Crippen MR) is 129 cm³/mol. The number of nitrogens with zero attached hydrogens (tertiary/aromatic N) is 5. The van der Waals surface area contributed by atoms with Crippen molar-refractivity contribution in [3.8, 4) is 33.9 Å². The highest BCUT2D eigenvalue weighted by Crippen LogP contribution is 2.33. The lowest BCUT2D eigenvalue weighted by Crippen LogP contribution is -2.13. The van der Waals surface area contributed by atoms with E-state index in [0.29, 0.717) is 22.9 Å². The zero-order chi connectivity index (χ0) is 23.4. The Labute approximate surface area is 197 Å². The Kier molecular flexibility index (Phi) is 4.25. The predicted octanol–water partition coefficient (Wildman–Crippen LogP) is 4.57. The Morgan fingerprint density at radius 2 is 1.94 bits per heavy atom. The number of imidazole rings is 1. The van der Waals surface area contributed by atoms with Gasteiger partial charge in [0, 0.05) is 41.2 Å². The highest BCUT2D eigenvalue weighted by Gasteiger charge is 2.29. The van der Waals surface area contributed by atoms with E-state index in [1.807, 2.05) is 24.3 Å². The molecule has 6 aromatic rings. The average molecular weight is 462 g/mol. The van der Waals surface area contributed by atoms with Crippen LogP contribution in [-0.2, 0) is 4.79 Å². The zero-order valence-electron chi connectivity index (χ0n) is 18.3. The summed E-state index contributed by atoms with van der Waals surface area (Å²) in [5, 5.41) is 11.2. The van der Waals surface area contributed by atoms with Gasteiger partial charge in [-0.3, -0.25) is 19.9 Å². The molecule has 3 N–H and O–H groups in total. The lowest BCUT2D eigenvalue weighted by Gasteiger charge is -2.06. The van der Waals surface area contributed by atoms with Crippen molar-refractivity contribution >= 4 is 33.7 Å². The van der Waals surface area contributed by atoms with Crippen molar-refractivity contribution < 1.29 is 9.21 Å². The quantitative estimate of drug-likeness (QED) is 0.341. The summed E-state index contributed by atoms with van der Waals surface area (Å²) in [6.07, 6.45) is 12.0. The molecule has 0 spiro atoms. The van der Waals surface area contributed by atoms with Gasteiger partial charge in [-0.05, 0) is 37.1 Å². The minimum atomic E-state index is 0.0452. The van der Waals surface area contributed by atoms with E-state index in [1.165, 1.54) is 0 Å². The van der Waals surface area contributed by atoms with Gasteiger partial charge in [-0.25, -0.2) is 9.97 Å². The molecule has 10 nitrogen and oxygen atoms in total. The van der Waals surface area contributed by atoms with Crippen LogP contribution in [0.1, 0.15) is 12.8 Å². The number of furan rings is 1. The monoisotopic (exact) mass is 462 g/mol. The van der Waals surface area contributed by atoms with Crippen molar-refractivity contribution in [1.82, 2.24) is 35.1 Å². The van der Waals surface area contributed by atoms with Gasteiger partial charge in [-0.1, -0.05) is 0 Å². The number of aromatic nitrogens is 7. The molecule has 6 aromatic heterocycles. The molecule has 1 aliphatic carbocycles. The van der Waals surface area contributed by atoms with E-state index in [0.717, 1.165) is 51.6 Å². The number of anilines is 1. The van der Waals surface area contributed by atoms with E-state index in [-0.39, 0.29) is 11.8 Å². The summed E-state index contributed by atoms with van der Waals surface area (Å²) < 4.78 is 5.22. The summed E-state index contributed by atoms with van der Waals surface area (Å²) in [4.78, 5) is 33.6. The van der Waals surface area contributed by atoms with Crippen LogP contribution in [0.4, 0.5) is 5.69 Å². The van der Waals surface area contributed by atoms with Crippen LogP contribution >= 0.6 is 0 Å². The first-order chi connectivity index (χ1) is 17.2. The second-order valence-corrected chi connectivity index (χ2v) is 8.57. The van der Waals surface area contributed by atoms with Crippen molar-refractivity contribution in [3.05, 3.63) is 61.6 Å². The Balaban J connectivity index is 1.29. The Hall–Kier alpha value is -4.86. The number of carbonyl (C=O) groups is 1. The molecule has 6 heterocycles. The molecule has 0 aromatic carbocycles. The van der Waals surface area contributed by atoms with Crippen LogP contribution in [-0.4, -0.2) is 41.0 Å². The summed E-state index contributed by atoms with van der Waals surface area (Å²) in [7, 11) is 0. The molecule has 1 amide bonds. The normalized spacial score (nSPS) is 13.5. The number of aromatic amines is 2. The van der Waals surface area contributed by atoms with Gasteiger partial charge < -0.3 is 14.7 Å². The maximum atomic E-state index is 12.2. The number of rotatable bonds is 5. The second kappa shape index (κ2) is 7.59. The molecule has 170 valence electrons. The molecule has 10 heteroatoms. The van der Waals surface area contributed by atoms with Crippen LogP contribution in [0.3, 0.4) is 0 Å². The first kappa shape index (κ1) is 19.6. The van der Waals surface area contributed by atoms with Crippen molar-refractivity contribution in [1.29, 1.82) is 0 Å². The summed E-state index contributed by atoms with van der Waals surface area (Å²) >= 11 is 0. The third-order valence-corrected chi connectivity index (χ3v) is 6.12. The van der Waals surface area contributed by atoms with Gasteiger partial charge in [0.05, 0.1) is 35.3 Å². The van der Waals surface area contributed by atoms with Crippen LogP contribution in [0, 0.1) is 5.92 Å². The van der Waals surface area contributed by atoms with E-state index in [9.17, 15) is 4.79 Å². The molecule has 1 fully saturated rings. The number of pyridine rings is 3. The molecule has 0 bridgehead atoms. The minimum absolute atomic E-state index is 0.0452. The highest BCUT2D eigenvalue weighted by molar-refractivity contribution is 5.97. The van der Waals surface area contributed by atoms with Gasteiger partial charge in [-0.2, -0.15) is 5.10 Å². The fourth-order valence-corrected chi connectivity index (χ4v) is 4.16. The zero-order valence-corrected chi connectivity index (χ0v) is 18.3. The highest BCUT2D eigenvalue weighted by atomic mass is 16.3. The molecule has 0 radical (unpaired) electrons. The molecule has 0 aliphatic heterocycles. The van der Waals surface area contributed by atoms with E-state index < -0.39 is 0 Å². The number of H-pyrrole nitrogens is 2. The van der Waals surface area contributed by atoms with Crippen LogP contribution in [0.2, 0.25) is 0 Å². The Morgan fingerprint density at radius 3 is 2.80 bits per heavy atom. The van der Waals surface area contributed by atoms with Crippen molar-refractivity contribution in [2.24, 2.45) is 5.92 Å². The van der Waals surface area contributed by atoms with Gasteiger partial charge in [0.25, 0.3) is 0 Å². The molecule has 7 rings (SSSR count). The molecular formula is C25H18N8O2. The van der Waals surface area contributed by atoms with E-state index in [2.05, 4.69) is 35.5 Å². The standard InChI is InChI=1S/C25H18N8O2/c34-25(13-1-2-13)29-17-7-15(9-26-11-17)16-8-18-21(32-33-23(18)28-10-16)24-30-19-3-5-27-20(22(19)31-24)14-4-6-35-12-14/h3-13H,1-2H2,(H,29,34)(H,30,31)(H,28,32,33). The van der Waals surface area contributed by atoms with Crippen molar-refractivity contribution in [2.75, 3.05) is 5.32 Å². The molecule has 1 aliphatic rings. The lowest BCUT2D eigenvalue weighted by atomic mass is 10.1. The first-order valence-electron chi connectivity index (χ1n) is 11.2. The second-order valence-electron chi connectivity index (χ2n) is 8.57. The maximum Gasteiger partial charge on any atom is 0.227 e. The SMILES string of the molecule is O=C(Nc1cncc(-c2cnc3[nH]nc(-c4nc5c(-c6ccoc6)nccc5[nH]4)c3c2)c1)C1CC1. The summed E-state index contributed by atoms with van der Waals surface area (Å²) in [5.41, 5.74) is 6.81. The van der Waals surface area contributed by atoms with Gasteiger partial charge >= 0.3 is 0 Å². The minimum Gasteiger partial charge on any atom is -0.472 e. The topological polar surface area (TPSA) is 138 Å². The maximum absolute atomic E-state index is 12.2. The van der Waals surface area contributed by atoms with Gasteiger partial charge in [0.1, 0.15) is 16.9 Å². The number of fused-ring (bicyclic) bond motifs is 2. The van der Waals surface area contributed by atoms with Gasteiger partial charge in [-0.15, -0.1) is 0 Å². The van der Waals surface area contributed by atoms with Crippen LogP contribution in [0.15, 0.2) is 66.0 Å². The fourth-order valence-electron chi connectivity index (χ4n) is 4.16. The molecule has 0 atom stereocenters. The number of amides is 1. The first-order valence-corrected chi connectivity index (χ1v) is 11.2. The fraction of sp³-hybridized carbons (Fsp3) is 0.120. The Bertz CT molecular complexity index is 1710. The van der Waals surface area contributed by atoms with E-state index >= 15 is 0 Å². The lowest BCUT2D eigenvalue weighted by molar-refractivity contribution is -0.117. The largest absolute Gasteiger partial charge is 0.472 e. The van der Waals surface area contributed by atoms with Crippen LogP contribution < -0.4 is 5.32 Å². The number of hydrogen-bond donors (Lipinski definition) is 3. The van der Waals surface area contributed by atoms with Gasteiger partial charge in [0.2, 0.25) is 5.91 Å². The molecule has 35 heavy (non-hydrogen) atoms. The Morgan fingerprint density at radius 1 is 1.03 bits per heavy atom. The molecule has 1 saturated carbocycles. The molecular weight excluding hydrogens is 444 g/mol. The van der Waals surface area contributed by atoms with Crippen LogP contribution in [0.25, 0.3) is 56.0 Å². The number of nitrogens with one attached hydrogen (secondary N) is 3.